The van der Waals surface area contributed by atoms with Crippen molar-refractivity contribution in [2.75, 3.05) is 0 Å². The van der Waals surface area contributed by atoms with Crippen LogP contribution >= 0.6 is 0 Å². The summed E-state index contributed by atoms with van der Waals surface area (Å²) in [6.07, 6.45) is 0.750. The summed E-state index contributed by atoms with van der Waals surface area (Å²) in [6.45, 7) is 8.36. The highest BCUT2D eigenvalue weighted by atomic mass is 16.3. The molecule has 0 aliphatic rings. The van der Waals surface area contributed by atoms with Gasteiger partial charge in [0.25, 0.3) is 0 Å². The SMILES string of the molecule is CCC(c1ccc(C)cc1)C(O)C(C)C. The maximum absolute atomic E-state index is 10.1. The highest BCUT2D eigenvalue weighted by Gasteiger charge is 2.21. The Labute approximate surface area is 93.1 Å². The van der Waals surface area contributed by atoms with Gasteiger partial charge in [-0.3, -0.25) is 0 Å². The molecular weight excluding hydrogens is 184 g/mol. The fourth-order valence-electron chi connectivity index (χ4n) is 1.95. The Bertz CT molecular complexity index is 287. The molecule has 2 unspecified atom stereocenters. The van der Waals surface area contributed by atoms with E-state index in [-0.39, 0.29) is 12.0 Å². The minimum atomic E-state index is -0.238. The molecule has 2 atom stereocenters. The van der Waals surface area contributed by atoms with Crippen LogP contribution in [0.2, 0.25) is 0 Å². The maximum Gasteiger partial charge on any atom is 0.0631 e. The molecule has 0 aliphatic heterocycles. The first-order valence-electron chi connectivity index (χ1n) is 5.80. The summed E-state index contributed by atoms with van der Waals surface area (Å²) in [4.78, 5) is 0. The molecule has 84 valence electrons. The van der Waals surface area contributed by atoms with Crippen molar-refractivity contribution in [2.45, 2.75) is 46.1 Å². The average molecular weight is 206 g/mol. The second kappa shape index (κ2) is 5.32. The number of rotatable bonds is 4. The molecule has 0 fully saturated rings. The minimum absolute atomic E-state index is 0.238. The smallest absolute Gasteiger partial charge is 0.0631 e. The van der Waals surface area contributed by atoms with E-state index in [1.807, 2.05) is 0 Å². The van der Waals surface area contributed by atoms with E-state index in [0.717, 1.165) is 6.42 Å². The zero-order valence-corrected chi connectivity index (χ0v) is 10.2. The predicted octanol–water partition coefficient (Wildman–Crippen LogP) is 3.51. The summed E-state index contributed by atoms with van der Waals surface area (Å²) in [5, 5.41) is 10.1. The van der Waals surface area contributed by atoms with Crippen LogP contribution in [0, 0.1) is 12.8 Å². The summed E-state index contributed by atoms with van der Waals surface area (Å²) >= 11 is 0. The van der Waals surface area contributed by atoms with Gasteiger partial charge in [0.2, 0.25) is 0 Å². The number of hydrogen-bond donors (Lipinski definition) is 1. The van der Waals surface area contributed by atoms with E-state index in [0.29, 0.717) is 5.92 Å². The molecule has 0 heterocycles. The Hall–Kier alpha value is -0.820. The predicted molar refractivity (Wildman–Crippen MR) is 65.1 cm³/mol. The largest absolute Gasteiger partial charge is 0.392 e. The number of aliphatic hydroxyl groups excluding tert-OH is 1. The van der Waals surface area contributed by atoms with Gasteiger partial charge in [0.1, 0.15) is 0 Å². The first-order valence-corrected chi connectivity index (χ1v) is 5.80. The molecule has 0 amide bonds. The van der Waals surface area contributed by atoms with Crippen molar-refractivity contribution in [1.29, 1.82) is 0 Å². The van der Waals surface area contributed by atoms with E-state index < -0.39 is 0 Å². The Kier molecular flexibility index (Phi) is 4.34. The van der Waals surface area contributed by atoms with E-state index >= 15 is 0 Å². The second-order valence-electron chi connectivity index (χ2n) is 4.66. The molecule has 1 rings (SSSR count). The van der Waals surface area contributed by atoms with Gasteiger partial charge < -0.3 is 5.11 Å². The van der Waals surface area contributed by atoms with Crippen molar-refractivity contribution in [3.8, 4) is 0 Å². The molecule has 0 saturated heterocycles. The summed E-state index contributed by atoms with van der Waals surface area (Å²) in [6, 6.07) is 8.50. The quantitative estimate of drug-likeness (QED) is 0.799. The van der Waals surface area contributed by atoms with Crippen molar-refractivity contribution in [3.63, 3.8) is 0 Å². The van der Waals surface area contributed by atoms with Gasteiger partial charge in [-0.05, 0) is 24.8 Å². The summed E-state index contributed by atoms with van der Waals surface area (Å²) in [7, 11) is 0. The summed E-state index contributed by atoms with van der Waals surface area (Å²) in [5.41, 5.74) is 2.52. The molecule has 1 aromatic carbocycles. The lowest BCUT2D eigenvalue weighted by atomic mass is 9.85. The molecular formula is C14H22O. The highest BCUT2D eigenvalue weighted by molar-refractivity contribution is 5.25. The molecule has 15 heavy (non-hydrogen) atoms. The highest BCUT2D eigenvalue weighted by Crippen LogP contribution is 2.27. The Morgan fingerprint density at radius 2 is 1.67 bits per heavy atom. The van der Waals surface area contributed by atoms with Crippen molar-refractivity contribution in [2.24, 2.45) is 5.92 Å². The molecule has 1 N–H and O–H groups in total. The monoisotopic (exact) mass is 206 g/mol. The van der Waals surface area contributed by atoms with Crippen molar-refractivity contribution in [1.82, 2.24) is 0 Å². The van der Waals surface area contributed by atoms with Gasteiger partial charge >= 0.3 is 0 Å². The standard InChI is InChI=1S/C14H22O/c1-5-13(14(15)10(2)3)12-8-6-11(4)7-9-12/h6-10,13-15H,5H2,1-4H3. The first kappa shape index (κ1) is 12.3. The zero-order valence-electron chi connectivity index (χ0n) is 10.2. The third-order valence-electron chi connectivity index (χ3n) is 3.04. The fraction of sp³-hybridized carbons (Fsp3) is 0.571. The minimum Gasteiger partial charge on any atom is -0.392 e. The topological polar surface area (TPSA) is 20.2 Å². The van der Waals surface area contributed by atoms with Gasteiger partial charge in [-0.2, -0.15) is 0 Å². The van der Waals surface area contributed by atoms with Crippen LogP contribution in [-0.4, -0.2) is 11.2 Å². The molecule has 0 spiro atoms. The number of aliphatic hydroxyl groups is 1. The molecule has 1 nitrogen and oxygen atoms in total. The van der Waals surface area contributed by atoms with Crippen LogP contribution in [0.4, 0.5) is 0 Å². The lowest BCUT2D eigenvalue weighted by Gasteiger charge is -2.25. The molecule has 0 radical (unpaired) electrons. The van der Waals surface area contributed by atoms with Crippen LogP contribution in [0.1, 0.15) is 44.2 Å². The summed E-state index contributed by atoms with van der Waals surface area (Å²) in [5.74, 6) is 0.585. The third kappa shape index (κ3) is 3.07. The van der Waals surface area contributed by atoms with Gasteiger partial charge in [-0.25, -0.2) is 0 Å². The van der Waals surface area contributed by atoms with E-state index in [4.69, 9.17) is 0 Å². The van der Waals surface area contributed by atoms with Crippen molar-refractivity contribution >= 4 is 0 Å². The van der Waals surface area contributed by atoms with Gasteiger partial charge in [-0.15, -0.1) is 0 Å². The van der Waals surface area contributed by atoms with Crippen LogP contribution < -0.4 is 0 Å². The molecule has 0 aliphatic carbocycles. The first-order chi connectivity index (χ1) is 7.06. The zero-order chi connectivity index (χ0) is 11.4. The van der Waals surface area contributed by atoms with Crippen LogP contribution in [0.15, 0.2) is 24.3 Å². The Morgan fingerprint density at radius 1 is 1.13 bits per heavy atom. The fourth-order valence-corrected chi connectivity index (χ4v) is 1.95. The second-order valence-corrected chi connectivity index (χ2v) is 4.66. The third-order valence-corrected chi connectivity index (χ3v) is 3.04. The van der Waals surface area contributed by atoms with Gasteiger partial charge in [0.05, 0.1) is 6.10 Å². The van der Waals surface area contributed by atoms with Gasteiger partial charge in [0.15, 0.2) is 0 Å². The number of hydrogen-bond acceptors (Lipinski definition) is 1. The van der Waals surface area contributed by atoms with Crippen LogP contribution in [0.3, 0.4) is 0 Å². The average Bonchev–Trinajstić information content (AvgIpc) is 2.21. The molecule has 0 bridgehead atoms. The number of benzene rings is 1. The van der Waals surface area contributed by atoms with Gasteiger partial charge in [0, 0.05) is 5.92 Å². The lowest BCUT2D eigenvalue weighted by Crippen LogP contribution is -2.23. The molecule has 1 heteroatoms. The normalized spacial score (nSPS) is 15.3. The van der Waals surface area contributed by atoms with Crippen LogP contribution in [0.5, 0.6) is 0 Å². The Morgan fingerprint density at radius 3 is 2.07 bits per heavy atom. The molecule has 1 aromatic rings. The van der Waals surface area contributed by atoms with Crippen LogP contribution in [0.25, 0.3) is 0 Å². The van der Waals surface area contributed by atoms with E-state index in [1.54, 1.807) is 0 Å². The van der Waals surface area contributed by atoms with E-state index in [2.05, 4.69) is 52.0 Å². The van der Waals surface area contributed by atoms with E-state index in [1.165, 1.54) is 11.1 Å². The molecule has 0 saturated carbocycles. The maximum atomic E-state index is 10.1. The summed E-state index contributed by atoms with van der Waals surface area (Å²) < 4.78 is 0. The van der Waals surface area contributed by atoms with Crippen molar-refractivity contribution < 1.29 is 5.11 Å². The van der Waals surface area contributed by atoms with E-state index in [9.17, 15) is 5.11 Å². The Balaban J connectivity index is 2.87. The van der Waals surface area contributed by atoms with Crippen LogP contribution in [-0.2, 0) is 0 Å². The van der Waals surface area contributed by atoms with Gasteiger partial charge in [-0.1, -0.05) is 50.6 Å². The lowest BCUT2D eigenvalue weighted by molar-refractivity contribution is 0.0943. The number of aryl methyl sites for hydroxylation is 1. The van der Waals surface area contributed by atoms with Crippen molar-refractivity contribution in [3.05, 3.63) is 35.4 Å². The molecule has 0 aromatic heterocycles.